The van der Waals surface area contributed by atoms with Crippen LogP contribution < -0.4 is 0 Å². The van der Waals surface area contributed by atoms with Crippen LogP contribution in [0.25, 0.3) is 0 Å². The summed E-state index contributed by atoms with van der Waals surface area (Å²) >= 11 is 0. The molecule has 0 aliphatic carbocycles. The fraction of sp³-hybridized carbons (Fsp3) is 0.944. The molecule has 2 N–H and O–H groups in total. The number of unbranched alkanes of at least 4 members (excludes halogenated alkanes) is 10. The van der Waals surface area contributed by atoms with Crippen molar-refractivity contribution in [1.82, 2.24) is 0 Å². The molecule has 0 spiro atoms. The molecule has 0 aromatic rings. The number of aliphatic hydroxyl groups is 1. The minimum absolute atomic E-state index is 0. The van der Waals surface area contributed by atoms with Crippen LogP contribution in [0.2, 0.25) is 0 Å². The van der Waals surface area contributed by atoms with Crippen LogP contribution in [0.15, 0.2) is 0 Å². The van der Waals surface area contributed by atoms with Crippen LogP contribution in [0.3, 0.4) is 0 Å². The number of hydrogen-bond acceptors (Lipinski definition) is 2. The third-order valence-electron chi connectivity index (χ3n) is 4.07. The van der Waals surface area contributed by atoms with Crippen LogP contribution in [0.5, 0.6) is 0 Å². The normalized spacial score (nSPS) is 11.9. The van der Waals surface area contributed by atoms with Gasteiger partial charge in [0.1, 0.15) is 0 Å². The Hall–Kier alpha value is 0.690. The van der Waals surface area contributed by atoms with E-state index in [4.69, 9.17) is 5.11 Å². The van der Waals surface area contributed by atoms with Crippen LogP contribution in [-0.2, 0) is 4.79 Å². The molecule has 0 aromatic heterocycles. The van der Waals surface area contributed by atoms with E-state index in [1.165, 1.54) is 51.4 Å². The number of carbonyl (C=O) groups is 1. The maximum absolute atomic E-state index is 10.3. The Bertz CT molecular complexity index is 234. The van der Waals surface area contributed by atoms with E-state index in [2.05, 4.69) is 6.92 Å². The summed E-state index contributed by atoms with van der Waals surface area (Å²) in [6, 6.07) is 0. The van der Waals surface area contributed by atoms with E-state index in [0.717, 1.165) is 38.5 Å². The molecule has 22 heavy (non-hydrogen) atoms. The minimum Gasteiger partial charge on any atom is -0.481 e. The third-order valence-corrected chi connectivity index (χ3v) is 4.07. The minimum atomic E-state index is -0.678. The van der Waals surface area contributed by atoms with Crippen LogP contribution >= 0.6 is 0 Å². The molecule has 0 heterocycles. The molecule has 1 atom stereocenters. The van der Waals surface area contributed by atoms with Crippen LogP contribution in [0.4, 0.5) is 0 Å². The number of rotatable bonds is 16. The molecule has 4 heteroatoms. The van der Waals surface area contributed by atoms with E-state index in [9.17, 15) is 9.90 Å². The number of aliphatic carboxylic acids is 1. The molecule has 0 fully saturated rings. The summed E-state index contributed by atoms with van der Waals surface area (Å²) in [6.45, 7) is 2.21. The van der Waals surface area contributed by atoms with Gasteiger partial charge in [-0.25, -0.2) is 0 Å². The van der Waals surface area contributed by atoms with Crippen molar-refractivity contribution >= 4 is 43.7 Å². The van der Waals surface area contributed by atoms with Crippen LogP contribution in [0.1, 0.15) is 103 Å². The Morgan fingerprint density at radius 2 is 1.18 bits per heavy atom. The van der Waals surface area contributed by atoms with E-state index in [1.54, 1.807) is 0 Å². The molecule has 0 bridgehead atoms. The van der Waals surface area contributed by atoms with Gasteiger partial charge in [-0.15, -0.1) is 0 Å². The van der Waals surface area contributed by atoms with Crippen LogP contribution in [0, 0.1) is 0 Å². The molecule has 0 rings (SSSR count). The number of carboxylic acid groups (broad SMARTS) is 1. The van der Waals surface area contributed by atoms with Gasteiger partial charge in [-0.3, -0.25) is 4.79 Å². The van der Waals surface area contributed by atoms with Crippen molar-refractivity contribution in [2.45, 2.75) is 109 Å². The van der Waals surface area contributed by atoms with Crippen molar-refractivity contribution in [1.29, 1.82) is 0 Å². The fourth-order valence-electron chi connectivity index (χ4n) is 2.67. The van der Waals surface area contributed by atoms with Crippen LogP contribution in [-0.4, -0.2) is 60.0 Å². The predicted octanol–water partition coefficient (Wildman–Crippen LogP) is 4.92. The van der Waals surface area contributed by atoms with E-state index in [0.29, 0.717) is 6.42 Å². The summed E-state index contributed by atoms with van der Waals surface area (Å²) in [5.74, 6) is -0.678. The molecule has 0 saturated heterocycles. The summed E-state index contributed by atoms with van der Waals surface area (Å²) in [4.78, 5) is 10.3. The Morgan fingerprint density at radius 1 is 0.773 bits per heavy atom. The zero-order valence-electron chi connectivity index (χ0n) is 14.7. The maximum atomic E-state index is 10.3. The molecule has 2 radical (unpaired) electrons. The van der Waals surface area contributed by atoms with Crippen molar-refractivity contribution in [3.8, 4) is 0 Å². The molecule has 0 aliphatic heterocycles. The monoisotopic (exact) mass is 340 g/mol. The van der Waals surface area contributed by atoms with Gasteiger partial charge >= 0.3 is 5.97 Å². The summed E-state index contributed by atoms with van der Waals surface area (Å²) < 4.78 is 0. The standard InChI is InChI=1S/C18H36O3.Ca/c1-2-3-4-11-14-17(19)15-12-9-7-5-6-8-10-13-16-18(20)21;/h17,19H,2-16H2,1H3,(H,20,21);. The zero-order chi connectivity index (χ0) is 15.8. The molecule has 0 aliphatic rings. The first-order chi connectivity index (χ1) is 10.2. The Kier molecular flexibility index (Phi) is 22.4. The first kappa shape index (κ1) is 24.9. The van der Waals surface area contributed by atoms with Gasteiger partial charge in [0.15, 0.2) is 0 Å². The van der Waals surface area contributed by atoms with Crippen molar-refractivity contribution < 1.29 is 15.0 Å². The maximum Gasteiger partial charge on any atom is 0.303 e. The third kappa shape index (κ3) is 20.7. The second-order valence-electron chi connectivity index (χ2n) is 6.26. The Morgan fingerprint density at radius 3 is 1.64 bits per heavy atom. The molecular formula is C18H36CaO3. The largest absolute Gasteiger partial charge is 0.481 e. The number of aliphatic hydroxyl groups excluding tert-OH is 1. The predicted molar refractivity (Wildman–Crippen MR) is 94.3 cm³/mol. The van der Waals surface area contributed by atoms with Gasteiger partial charge in [-0.1, -0.05) is 77.6 Å². The molecule has 3 nitrogen and oxygen atoms in total. The fourth-order valence-corrected chi connectivity index (χ4v) is 2.67. The average Bonchev–Trinajstić information content (AvgIpc) is 2.45. The van der Waals surface area contributed by atoms with Gasteiger partial charge in [-0.05, 0) is 19.3 Å². The quantitative estimate of drug-likeness (QED) is 0.310. The molecular weight excluding hydrogens is 304 g/mol. The van der Waals surface area contributed by atoms with Gasteiger partial charge in [0.05, 0.1) is 6.10 Å². The molecule has 0 amide bonds. The molecule has 0 aromatic carbocycles. The van der Waals surface area contributed by atoms with E-state index in [1.807, 2.05) is 0 Å². The first-order valence-electron chi connectivity index (χ1n) is 9.06. The van der Waals surface area contributed by atoms with Crippen molar-refractivity contribution in [3.63, 3.8) is 0 Å². The van der Waals surface area contributed by atoms with E-state index < -0.39 is 5.97 Å². The van der Waals surface area contributed by atoms with Gasteiger partial charge in [0, 0.05) is 44.2 Å². The summed E-state index contributed by atoms with van der Waals surface area (Å²) in [5, 5.41) is 18.4. The Balaban J connectivity index is 0. The summed E-state index contributed by atoms with van der Waals surface area (Å²) in [6.07, 6.45) is 16.3. The number of hydrogen-bond donors (Lipinski definition) is 2. The van der Waals surface area contributed by atoms with Gasteiger partial charge in [0.2, 0.25) is 0 Å². The van der Waals surface area contributed by atoms with Gasteiger partial charge < -0.3 is 10.2 Å². The van der Waals surface area contributed by atoms with E-state index in [-0.39, 0.29) is 43.8 Å². The topological polar surface area (TPSA) is 57.5 Å². The zero-order valence-corrected chi connectivity index (χ0v) is 16.9. The van der Waals surface area contributed by atoms with Gasteiger partial charge in [-0.2, -0.15) is 0 Å². The SMILES string of the molecule is CCCCCCC(O)CCCCCCCCCCC(=O)O.[Ca]. The number of carboxylic acids is 1. The molecule has 0 saturated carbocycles. The second kappa shape index (κ2) is 19.7. The summed E-state index contributed by atoms with van der Waals surface area (Å²) in [5.41, 5.74) is 0. The van der Waals surface area contributed by atoms with Crippen molar-refractivity contribution in [2.24, 2.45) is 0 Å². The van der Waals surface area contributed by atoms with Gasteiger partial charge in [0.25, 0.3) is 0 Å². The van der Waals surface area contributed by atoms with Crippen molar-refractivity contribution in [3.05, 3.63) is 0 Å². The first-order valence-corrected chi connectivity index (χ1v) is 9.06. The molecule has 1 unspecified atom stereocenters. The van der Waals surface area contributed by atoms with Crippen molar-refractivity contribution in [2.75, 3.05) is 0 Å². The summed E-state index contributed by atoms with van der Waals surface area (Å²) in [7, 11) is 0. The Labute approximate surface area is 167 Å². The smallest absolute Gasteiger partial charge is 0.303 e. The van der Waals surface area contributed by atoms with E-state index >= 15 is 0 Å². The second-order valence-corrected chi connectivity index (χ2v) is 6.26. The molecule has 128 valence electrons. The average molecular weight is 341 g/mol.